The Morgan fingerprint density at radius 2 is 1.89 bits per heavy atom. The van der Waals surface area contributed by atoms with Crippen molar-refractivity contribution >= 4 is 40.7 Å². The number of carbonyl (C=O) groups excluding carboxylic acids is 1. The number of para-hydroxylation sites is 1. The number of nitrogens with zero attached hydrogens (tertiary/aromatic N) is 3. The van der Waals surface area contributed by atoms with Crippen LogP contribution in [0.15, 0.2) is 78.3 Å². The predicted octanol–water partition coefficient (Wildman–Crippen LogP) is 6.71. The minimum atomic E-state index is -0.568. The lowest BCUT2D eigenvalue weighted by atomic mass is 9.94. The molecule has 2 N–H and O–H groups in total. The lowest BCUT2D eigenvalue weighted by Crippen LogP contribution is -2.32. The average molecular weight is 534 g/mol. The molecular formula is C28H25Cl2N5O2. The first-order valence-corrected chi connectivity index (χ1v) is 12.5. The fraction of sp³-hybridized carbons (Fsp3) is 0.179. The Bertz CT molecular complexity index is 1530. The summed E-state index contributed by atoms with van der Waals surface area (Å²) in [6.45, 7) is 6.09. The lowest BCUT2D eigenvalue weighted by Gasteiger charge is -2.30. The van der Waals surface area contributed by atoms with Gasteiger partial charge in [-0.1, -0.05) is 65.2 Å². The van der Waals surface area contributed by atoms with Crippen LogP contribution in [0.25, 0.3) is 0 Å². The number of anilines is 2. The largest absolute Gasteiger partial charge is 0.488 e. The summed E-state index contributed by atoms with van der Waals surface area (Å²) in [6.07, 6.45) is 1.46. The highest BCUT2D eigenvalue weighted by Crippen LogP contribution is 2.39. The minimum Gasteiger partial charge on any atom is -0.488 e. The number of hydrogen-bond acceptors (Lipinski definition) is 5. The zero-order valence-electron chi connectivity index (χ0n) is 20.5. The molecule has 0 fully saturated rings. The van der Waals surface area contributed by atoms with Crippen LogP contribution in [0, 0.1) is 13.8 Å². The van der Waals surface area contributed by atoms with E-state index in [1.807, 2.05) is 69.3 Å². The molecule has 1 aromatic heterocycles. The van der Waals surface area contributed by atoms with Gasteiger partial charge in [-0.05, 0) is 50.6 Å². The van der Waals surface area contributed by atoms with Gasteiger partial charge in [-0.2, -0.15) is 10.1 Å². The Hall–Kier alpha value is -3.81. The van der Waals surface area contributed by atoms with Crippen LogP contribution in [0.2, 0.25) is 10.0 Å². The SMILES string of the molecule is CC1=C(C(=O)Nc2ccc(C)cc2C)C(c2ccccc2OCc2ccc(Cl)cc2Cl)n2ncnc2N1. The van der Waals surface area contributed by atoms with Crippen molar-refractivity contribution in [2.45, 2.75) is 33.4 Å². The molecule has 3 aromatic carbocycles. The molecule has 4 aromatic rings. The van der Waals surface area contributed by atoms with Crippen molar-refractivity contribution < 1.29 is 9.53 Å². The first kappa shape index (κ1) is 24.9. The quantitative estimate of drug-likeness (QED) is 0.288. The monoisotopic (exact) mass is 533 g/mol. The first-order chi connectivity index (χ1) is 17.8. The Morgan fingerprint density at radius 3 is 2.68 bits per heavy atom. The number of nitrogens with one attached hydrogen (secondary N) is 2. The smallest absolute Gasteiger partial charge is 0.255 e. The maximum Gasteiger partial charge on any atom is 0.255 e. The van der Waals surface area contributed by atoms with Gasteiger partial charge in [0.15, 0.2) is 0 Å². The third-order valence-corrected chi connectivity index (χ3v) is 6.87. The van der Waals surface area contributed by atoms with E-state index in [2.05, 4.69) is 20.7 Å². The van der Waals surface area contributed by atoms with Crippen molar-refractivity contribution in [1.82, 2.24) is 14.8 Å². The zero-order valence-corrected chi connectivity index (χ0v) is 22.1. The van der Waals surface area contributed by atoms with Crippen molar-refractivity contribution in [2.75, 3.05) is 10.6 Å². The number of carbonyl (C=O) groups is 1. The van der Waals surface area contributed by atoms with Crippen LogP contribution in [0.3, 0.4) is 0 Å². The van der Waals surface area contributed by atoms with Gasteiger partial charge in [0, 0.05) is 32.6 Å². The maximum atomic E-state index is 13.8. The van der Waals surface area contributed by atoms with E-state index in [9.17, 15) is 4.79 Å². The number of aryl methyl sites for hydroxylation is 2. The van der Waals surface area contributed by atoms with E-state index in [4.69, 9.17) is 27.9 Å². The highest BCUT2D eigenvalue weighted by atomic mass is 35.5. The highest BCUT2D eigenvalue weighted by molar-refractivity contribution is 6.35. The second-order valence-electron chi connectivity index (χ2n) is 8.93. The molecule has 0 spiro atoms. The fourth-order valence-corrected chi connectivity index (χ4v) is 4.91. The minimum absolute atomic E-state index is 0.231. The van der Waals surface area contributed by atoms with E-state index >= 15 is 0 Å². The van der Waals surface area contributed by atoms with Gasteiger partial charge in [0.05, 0.1) is 5.57 Å². The number of aromatic nitrogens is 3. The van der Waals surface area contributed by atoms with E-state index in [1.54, 1.807) is 16.8 Å². The molecule has 1 atom stereocenters. The number of amides is 1. The standard InChI is InChI=1S/C28H25Cl2N5O2/c1-16-8-11-23(17(2)12-16)34-27(36)25-18(3)33-28-31-15-32-35(28)26(25)21-6-4-5-7-24(21)37-14-19-9-10-20(29)13-22(19)30/h4-13,15,26H,14H2,1-3H3,(H,34,36)(H,31,32,33). The highest BCUT2D eigenvalue weighted by Gasteiger charge is 2.35. The van der Waals surface area contributed by atoms with Crippen molar-refractivity contribution in [3.05, 3.63) is 111 Å². The topological polar surface area (TPSA) is 81.1 Å². The van der Waals surface area contributed by atoms with Gasteiger partial charge in [0.25, 0.3) is 5.91 Å². The van der Waals surface area contributed by atoms with Crippen LogP contribution in [-0.4, -0.2) is 20.7 Å². The molecule has 1 amide bonds. The molecule has 188 valence electrons. The molecular weight excluding hydrogens is 509 g/mol. The van der Waals surface area contributed by atoms with E-state index in [0.29, 0.717) is 33.0 Å². The Kier molecular flexibility index (Phi) is 6.91. The molecule has 5 rings (SSSR count). The van der Waals surface area contributed by atoms with Crippen molar-refractivity contribution in [1.29, 1.82) is 0 Å². The Morgan fingerprint density at radius 1 is 1.08 bits per heavy atom. The number of benzene rings is 3. The maximum absolute atomic E-state index is 13.8. The van der Waals surface area contributed by atoms with Crippen LogP contribution in [-0.2, 0) is 11.4 Å². The molecule has 0 radical (unpaired) electrons. The number of hydrogen-bond donors (Lipinski definition) is 2. The average Bonchev–Trinajstić information content (AvgIpc) is 3.32. The normalized spacial score (nSPS) is 14.7. The lowest BCUT2D eigenvalue weighted by molar-refractivity contribution is -0.113. The van der Waals surface area contributed by atoms with Crippen LogP contribution < -0.4 is 15.4 Å². The van der Waals surface area contributed by atoms with Crippen molar-refractivity contribution in [2.24, 2.45) is 0 Å². The molecule has 37 heavy (non-hydrogen) atoms. The van der Waals surface area contributed by atoms with Crippen LogP contribution in [0.5, 0.6) is 5.75 Å². The molecule has 1 aliphatic rings. The number of halogens is 2. The summed E-state index contributed by atoms with van der Waals surface area (Å²) >= 11 is 12.4. The van der Waals surface area contributed by atoms with Crippen molar-refractivity contribution in [3.8, 4) is 5.75 Å². The van der Waals surface area contributed by atoms with Crippen molar-refractivity contribution in [3.63, 3.8) is 0 Å². The van der Waals surface area contributed by atoms with Gasteiger partial charge >= 0.3 is 0 Å². The second kappa shape index (κ2) is 10.3. The number of fused-ring (bicyclic) bond motifs is 1. The predicted molar refractivity (Wildman–Crippen MR) is 146 cm³/mol. The molecule has 0 saturated heterocycles. The van der Waals surface area contributed by atoms with Crippen LogP contribution in [0.1, 0.15) is 35.2 Å². The Balaban J connectivity index is 1.52. The van der Waals surface area contributed by atoms with E-state index in [1.165, 1.54) is 6.33 Å². The van der Waals surface area contributed by atoms with Gasteiger partial charge in [-0.25, -0.2) is 4.68 Å². The molecule has 9 heteroatoms. The third-order valence-electron chi connectivity index (χ3n) is 6.28. The number of ether oxygens (including phenoxy) is 1. The Labute approximate surface area is 225 Å². The summed E-state index contributed by atoms with van der Waals surface area (Å²) in [5.41, 5.74) is 5.63. The summed E-state index contributed by atoms with van der Waals surface area (Å²) in [4.78, 5) is 18.1. The summed E-state index contributed by atoms with van der Waals surface area (Å²) < 4.78 is 7.93. The number of allylic oxidation sites excluding steroid dienone is 1. The first-order valence-electron chi connectivity index (χ1n) is 11.7. The number of rotatable bonds is 6. The summed E-state index contributed by atoms with van der Waals surface area (Å²) in [7, 11) is 0. The molecule has 7 nitrogen and oxygen atoms in total. The van der Waals surface area contributed by atoms with E-state index < -0.39 is 6.04 Å². The van der Waals surface area contributed by atoms with Gasteiger partial charge in [0.1, 0.15) is 24.7 Å². The molecule has 0 aliphatic carbocycles. The van der Waals surface area contributed by atoms with Crippen LogP contribution in [0.4, 0.5) is 11.6 Å². The molecule has 2 heterocycles. The summed E-state index contributed by atoms with van der Waals surface area (Å²) in [5, 5.41) is 11.8. The van der Waals surface area contributed by atoms with Gasteiger partial charge in [-0.15, -0.1) is 0 Å². The van der Waals surface area contributed by atoms with Gasteiger partial charge in [0.2, 0.25) is 5.95 Å². The summed E-state index contributed by atoms with van der Waals surface area (Å²) in [6, 6.07) is 18.2. The van der Waals surface area contributed by atoms with Crippen LogP contribution >= 0.6 is 23.2 Å². The summed E-state index contributed by atoms with van der Waals surface area (Å²) in [5.74, 6) is 0.909. The zero-order chi connectivity index (χ0) is 26.1. The second-order valence-corrected chi connectivity index (χ2v) is 9.77. The molecule has 1 aliphatic heterocycles. The fourth-order valence-electron chi connectivity index (χ4n) is 4.45. The molecule has 0 bridgehead atoms. The van der Waals surface area contributed by atoms with E-state index in [0.717, 1.165) is 27.9 Å². The third kappa shape index (κ3) is 5.05. The van der Waals surface area contributed by atoms with Gasteiger partial charge < -0.3 is 15.4 Å². The molecule has 1 unspecified atom stereocenters. The van der Waals surface area contributed by atoms with E-state index in [-0.39, 0.29) is 12.5 Å². The van der Waals surface area contributed by atoms with Gasteiger partial charge in [-0.3, -0.25) is 4.79 Å². The molecule has 0 saturated carbocycles.